The molecule has 0 aliphatic heterocycles. The van der Waals surface area contributed by atoms with Crippen molar-refractivity contribution in [3.8, 4) is 11.5 Å². The molecule has 29 heavy (non-hydrogen) atoms. The fourth-order valence-electron chi connectivity index (χ4n) is 2.59. The highest BCUT2D eigenvalue weighted by atomic mass is 16.6. The lowest BCUT2D eigenvalue weighted by molar-refractivity contribution is -0.384. The van der Waals surface area contributed by atoms with Gasteiger partial charge in [-0.1, -0.05) is 18.2 Å². The summed E-state index contributed by atoms with van der Waals surface area (Å²) in [5.41, 5.74) is 2.59. The van der Waals surface area contributed by atoms with Crippen molar-refractivity contribution >= 4 is 17.3 Å². The average Bonchev–Trinajstić information content (AvgIpc) is 3.23. The second-order valence-corrected chi connectivity index (χ2v) is 6.09. The standard InChI is InChI=1S/C20H22N6O3/c1-21-20(23-12-11-22-16-7-9-18(10-8-16)26(27)28)24-13-17-14-29-19(25-17)15-5-3-2-4-6-15/h2-10,14,22H,11-13H2,1H3,(H2,21,23,24). The number of nitro benzene ring substituents is 1. The molecule has 0 amide bonds. The Bertz CT molecular complexity index is 954. The van der Waals surface area contributed by atoms with E-state index in [0.717, 1.165) is 16.9 Å². The van der Waals surface area contributed by atoms with E-state index in [1.54, 1.807) is 25.4 Å². The lowest BCUT2D eigenvalue weighted by Gasteiger charge is -2.12. The van der Waals surface area contributed by atoms with Gasteiger partial charge in [-0.3, -0.25) is 15.1 Å². The van der Waals surface area contributed by atoms with Crippen LogP contribution in [0.3, 0.4) is 0 Å². The fraction of sp³-hybridized carbons (Fsp3) is 0.200. The second kappa shape index (κ2) is 9.88. The van der Waals surface area contributed by atoms with Gasteiger partial charge in [-0.15, -0.1) is 0 Å². The van der Waals surface area contributed by atoms with Crippen LogP contribution in [-0.4, -0.2) is 36.0 Å². The third-order valence-corrected chi connectivity index (χ3v) is 4.06. The van der Waals surface area contributed by atoms with Gasteiger partial charge in [-0.25, -0.2) is 4.98 Å². The molecular formula is C20H22N6O3. The highest BCUT2D eigenvalue weighted by Gasteiger charge is 2.07. The van der Waals surface area contributed by atoms with Crippen molar-refractivity contribution in [3.63, 3.8) is 0 Å². The van der Waals surface area contributed by atoms with Crippen LogP contribution in [0.5, 0.6) is 0 Å². The van der Waals surface area contributed by atoms with Crippen LogP contribution < -0.4 is 16.0 Å². The molecule has 0 bridgehead atoms. The molecule has 0 unspecified atom stereocenters. The van der Waals surface area contributed by atoms with Gasteiger partial charge in [-0.05, 0) is 24.3 Å². The first kappa shape index (κ1) is 19.9. The summed E-state index contributed by atoms with van der Waals surface area (Å²) in [4.78, 5) is 18.9. The molecular weight excluding hydrogens is 372 g/mol. The predicted molar refractivity (Wildman–Crippen MR) is 112 cm³/mol. The monoisotopic (exact) mass is 394 g/mol. The largest absolute Gasteiger partial charge is 0.444 e. The van der Waals surface area contributed by atoms with Gasteiger partial charge in [-0.2, -0.15) is 0 Å². The van der Waals surface area contributed by atoms with Gasteiger partial charge in [0.1, 0.15) is 6.26 Å². The molecule has 9 nitrogen and oxygen atoms in total. The number of guanidine groups is 1. The molecule has 0 aliphatic rings. The Morgan fingerprint density at radius 2 is 1.86 bits per heavy atom. The third-order valence-electron chi connectivity index (χ3n) is 4.06. The van der Waals surface area contributed by atoms with Crippen molar-refractivity contribution in [1.82, 2.24) is 15.6 Å². The van der Waals surface area contributed by atoms with E-state index in [1.807, 2.05) is 30.3 Å². The molecule has 3 aromatic rings. The van der Waals surface area contributed by atoms with Crippen molar-refractivity contribution in [3.05, 3.63) is 76.7 Å². The smallest absolute Gasteiger partial charge is 0.269 e. The molecule has 0 aliphatic carbocycles. The zero-order valence-corrected chi connectivity index (χ0v) is 16.0. The van der Waals surface area contributed by atoms with Gasteiger partial charge in [0, 0.05) is 43.5 Å². The van der Waals surface area contributed by atoms with E-state index in [0.29, 0.717) is 31.5 Å². The second-order valence-electron chi connectivity index (χ2n) is 6.09. The maximum atomic E-state index is 10.7. The Morgan fingerprint density at radius 3 is 2.55 bits per heavy atom. The predicted octanol–water partition coefficient (Wildman–Crippen LogP) is 3.03. The van der Waals surface area contributed by atoms with E-state index < -0.39 is 4.92 Å². The highest BCUT2D eigenvalue weighted by molar-refractivity contribution is 5.79. The number of nitro groups is 1. The minimum atomic E-state index is -0.418. The first-order chi connectivity index (χ1) is 14.2. The fourth-order valence-corrected chi connectivity index (χ4v) is 2.59. The molecule has 0 saturated carbocycles. The maximum absolute atomic E-state index is 10.7. The van der Waals surface area contributed by atoms with Crippen LogP contribution in [0.25, 0.3) is 11.5 Å². The highest BCUT2D eigenvalue weighted by Crippen LogP contribution is 2.17. The number of aliphatic imine (C=N–C) groups is 1. The van der Waals surface area contributed by atoms with E-state index in [9.17, 15) is 10.1 Å². The number of oxazole rings is 1. The summed E-state index contributed by atoms with van der Waals surface area (Å²) in [6.07, 6.45) is 1.62. The Kier molecular flexibility index (Phi) is 6.77. The van der Waals surface area contributed by atoms with Gasteiger partial charge >= 0.3 is 0 Å². The number of rotatable bonds is 8. The van der Waals surface area contributed by atoms with Crippen molar-refractivity contribution in [2.24, 2.45) is 4.99 Å². The first-order valence-corrected chi connectivity index (χ1v) is 9.08. The summed E-state index contributed by atoms with van der Waals surface area (Å²) in [6, 6.07) is 16.0. The van der Waals surface area contributed by atoms with E-state index in [2.05, 4.69) is 25.9 Å². The Balaban J connectivity index is 1.41. The number of nitrogens with zero attached hydrogens (tertiary/aromatic N) is 3. The van der Waals surface area contributed by atoms with Crippen molar-refractivity contribution < 1.29 is 9.34 Å². The minimum absolute atomic E-state index is 0.0709. The zero-order valence-electron chi connectivity index (χ0n) is 16.0. The molecule has 0 atom stereocenters. The summed E-state index contributed by atoms with van der Waals surface area (Å²) >= 11 is 0. The van der Waals surface area contributed by atoms with Crippen LogP contribution in [-0.2, 0) is 6.54 Å². The molecule has 3 rings (SSSR count). The third kappa shape index (κ3) is 5.80. The van der Waals surface area contributed by atoms with Gasteiger partial charge in [0.05, 0.1) is 17.2 Å². The Labute approximate surface area is 168 Å². The molecule has 0 spiro atoms. The van der Waals surface area contributed by atoms with Crippen LogP contribution in [0.2, 0.25) is 0 Å². The molecule has 0 radical (unpaired) electrons. The maximum Gasteiger partial charge on any atom is 0.269 e. The van der Waals surface area contributed by atoms with E-state index in [1.165, 1.54) is 12.1 Å². The summed E-state index contributed by atoms with van der Waals surface area (Å²) in [5, 5.41) is 20.2. The summed E-state index contributed by atoms with van der Waals surface area (Å²) in [7, 11) is 1.69. The van der Waals surface area contributed by atoms with Crippen molar-refractivity contribution in [1.29, 1.82) is 0 Å². The van der Waals surface area contributed by atoms with E-state index in [4.69, 9.17) is 4.42 Å². The molecule has 150 valence electrons. The van der Waals surface area contributed by atoms with Crippen molar-refractivity contribution in [2.75, 3.05) is 25.5 Å². The topological polar surface area (TPSA) is 118 Å². The number of benzene rings is 2. The number of aromatic nitrogens is 1. The number of nitrogens with one attached hydrogen (secondary N) is 3. The van der Waals surface area contributed by atoms with Crippen LogP contribution in [0.15, 0.2) is 70.3 Å². The molecule has 2 aromatic carbocycles. The van der Waals surface area contributed by atoms with Crippen LogP contribution in [0.1, 0.15) is 5.69 Å². The summed E-state index contributed by atoms with van der Waals surface area (Å²) in [5.74, 6) is 1.22. The quantitative estimate of drug-likeness (QED) is 0.177. The number of anilines is 1. The Hall–Kier alpha value is -3.88. The lowest BCUT2D eigenvalue weighted by atomic mass is 10.2. The van der Waals surface area contributed by atoms with Crippen LogP contribution >= 0.6 is 0 Å². The summed E-state index contributed by atoms with van der Waals surface area (Å²) in [6.45, 7) is 1.72. The van der Waals surface area contributed by atoms with Gasteiger partial charge in [0.2, 0.25) is 5.89 Å². The van der Waals surface area contributed by atoms with Gasteiger partial charge < -0.3 is 20.4 Å². The normalized spacial score (nSPS) is 11.1. The number of non-ortho nitro benzene ring substituents is 1. The van der Waals surface area contributed by atoms with Crippen LogP contribution in [0, 0.1) is 10.1 Å². The van der Waals surface area contributed by atoms with E-state index in [-0.39, 0.29) is 5.69 Å². The number of hydrogen-bond acceptors (Lipinski definition) is 6. The van der Waals surface area contributed by atoms with E-state index >= 15 is 0 Å². The zero-order chi connectivity index (χ0) is 20.5. The first-order valence-electron chi connectivity index (χ1n) is 9.08. The van der Waals surface area contributed by atoms with Crippen LogP contribution in [0.4, 0.5) is 11.4 Å². The van der Waals surface area contributed by atoms with Gasteiger partial charge in [0.15, 0.2) is 5.96 Å². The van der Waals surface area contributed by atoms with Gasteiger partial charge in [0.25, 0.3) is 5.69 Å². The lowest BCUT2D eigenvalue weighted by Crippen LogP contribution is -2.39. The summed E-state index contributed by atoms with van der Waals surface area (Å²) < 4.78 is 5.52. The molecule has 3 N–H and O–H groups in total. The Morgan fingerprint density at radius 1 is 1.10 bits per heavy atom. The number of hydrogen-bond donors (Lipinski definition) is 3. The molecule has 0 saturated heterocycles. The molecule has 1 heterocycles. The molecule has 9 heteroatoms. The minimum Gasteiger partial charge on any atom is -0.444 e. The molecule has 0 fully saturated rings. The van der Waals surface area contributed by atoms with Crippen molar-refractivity contribution in [2.45, 2.75) is 6.54 Å². The molecule has 1 aromatic heterocycles. The SMILES string of the molecule is CN=C(NCCNc1ccc([N+](=O)[O-])cc1)NCc1coc(-c2ccccc2)n1. The average molecular weight is 394 g/mol.